The molecule has 0 radical (unpaired) electrons. The van der Waals surface area contributed by atoms with Gasteiger partial charge in [-0.3, -0.25) is 0 Å². The monoisotopic (exact) mass is 228 g/mol. The summed E-state index contributed by atoms with van der Waals surface area (Å²) in [5.41, 5.74) is 1.42. The second-order valence-electron chi connectivity index (χ2n) is 3.74. The topological polar surface area (TPSA) is 46.5 Å². The Morgan fingerprint density at radius 1 is 0.941 bits per heavy atom. The van der Waals surface area contributed by atoms with Gasteiger partial charge in [0.2, 0.25) is 0 Å². The van der Waals surface area contributed by atoms with Crippen LogP contribution in [0.15, 0.2) is 48.5 Å². The summed E-state index contributed by atoms with van der Waals surface area (Å²) in [4.78, 5) is 10.7. The first kappa shape index (κ1) is 11.2. The summed E-state index contributed by atoms with van der Waals surface area (Å²) in [7, 11) is 0. The third-order valence-electron chi connectivity index (χ3n) is 2.36. The van der Waals surface area contributed by atoms with Gasteiger partial charge in [0.15, 0.2) is 0 Å². The fourth-order valence-electron chi connectivity index (χ4n) is 1.41. The minimum absolute atomic E-state index is 0.251. The molecular weight excluding hydrogens is 216 g/mol. The van der Waals surface area contributed by atoms with Gasteiger partial charge in [0.25, 0.3) is 0 Å². The Kier molecular flexibility index (Phi) is 3.10. The van der Waals surface area contributed by atoms with E-state index < -0.39 is 5.97 Å². The molecular formula is C14H12O3. The number of aryl methyl sites for hydroxylation is 1. The summed E-state index contributed by atoms with van der Waals surface area (Å²) in [6, 6.07) is 14.0. The van der Waals surface area contributed by atoms with E-state index >= 15 is 0 Å². The molecule has 0 aliphatic carbocycles. The van der Waals surface area contributed by atoms with Gasteiger partial charge in [-0.25, -0.2) is 4.79 Å². The van der Waals surface area contributed by atoms with Crippen molar-refractivity contribution in [2.75, 3.05) is 0 Å². The molecule has 0 atom stereocenters. The molecule has 0 bridgehead atoms. The van der Waals surface area contributed by atoms with Crippen molar-refractivity contribution >= 4 is 5.97 Å². The standard InChI is InChI=1S/C14H12O3/c1-10-2-6-12(7-3-10)17-13-8-4-11(5-9-13)14(15)16/h2-9H,1H3,(H,15,16). The number of hydrogen-bond donors (Lipinski definition) is 1. The minimum atomic E-state index is -0.938. The van der Waals surface area contributed by atoms with E-state index in [4.69, 9.17) is 9.84 Å². The summed E-state index contributed by atoms with van der Waals surface area (Å²) >= 11 is 0. The Hall–Kier alpha value is -2.29. The Morgan fingerprint density at radius 2 is 1.41 bits per heavy atom. The van der Waals surface area contributed by atoms with Gasteiger partial charge in [0.05, 0.1) is 5.56 Å². The maximum absolute atomic E-state index is 10.7. The van der Waals surface area contributed by atoms with Crippen LogP contribution in [-0.2, 0) is 0 Å². The van der Waals surface area contributed by atoms with Crippen LogP contribution in [0.5, 0.6) is 11.5 Å². The molecule has 0 aliphatic heterocycles. The number of benzene rings is 2. The molecule has 0 amide bonds. The molecule has 2 rings (SSSR count). The van der Waals surface area contributed by atoms with Crippen LogP contribution in [0.25, 0.3) is 0 Å². The van der Waals surface area contributed by atoms with Gasteiger partial charge in [-0.15, -0.1) is 0 Å². The van der Waals surface area contributed by atoms with Gasteiger partial charge in [-0.2, -0.15) is 0 Å². The van der Waals surface area contributed by atoms with Crippen molar-refractivity contribution in [3.8, 4) is 11.5 Å². The molecule has 0 unspecified atom stereocenters. The minimum Gasteiger partial charge on any atom is -0.478 e. The quantitative estimate of drug-likeness (QED) is 0.874. The SMILES string of the molecule is Cc1ccc(Oc2ccc(C(=O)O)cc2)cc1. The van der Waals surface area contributed by atoms with Crippen molar-refractivity contribution in [3.63, 3.8) is 0 Å². The van der Waals surface area contributed by atoms with E-state index in [1.54, 1.807) is 12.1 Å². The zero-order chi connectivity index (χ0) is 12.3. The van der Waals surface area contributed by atoms with E-state index in [0.717, 1.165) is 5.75 Å². The van der Waals surface area contributed by atoms with Crippen LogP contribution in [0.1, 0.15) is 15.9 Å². The van der Waals surface area contributed by atoms with Crippen LogP contribution in [0, 0.1) is 6.92 Å². The third kappa shape index (κ3) is 2.84. The molecule has 0 aromatic heterocycles. The zero-order valence-electron chi connectivity index (χ0n) is 9.38. The molecule has 0 heterocycles. The van der Waals surface area contributed by atoms with Crippen LogP contribution < -0.4 is 4.74 Å². The van der Waals surface area contributed by atoms with Crippen molar-refractivity contribution in [2.45, 2.75) is 6.92 Å². The van der Waals surface area contributed by atoms with Gasteiger partial charge in [-0.05, 0) is 43.3 Å². The van der Waals surface area contributed by atoms with E-state index in [0.29, 0.717) is 5.75 Å². The van der Waals surface area contributed by atoms with Crippen molar-refractivity contribution in [1.82, 2.24) is 0 Å². The number of aromatic carboxylic acids is 1. The lowest BCUT2D eigenvalue weighted by molar-refractivity contribution is 0.0697. The largest absolute Gasteiger partial charge is 0.478 e. The van der Waals surface area contributed by atoms with Crippen LogP contribution in [0.2, 0.25) is 0 Å². The maximum Gasteiger partial charge on any atom is 0.335 e. The van der Waals surface area contributed by atoms with Gasteiger partial charge in [0, 0.05) is 0 Å². The lowest BCUT2D eigenvalue weighted by Crippen LogP contribution is -1.95. The summed E-state index contributed by atoms with van der Waals surface area (Å²) in [6.07, 6.45) is 0. The van der Waals surface area contributed by atoms with Gasteiger partial charge in [0.1, 0.15) is 11.5 Å². The number of carboxylic acids is 1. The Bertz CT molecular complexity index is 512. The van der Waals surface area contributed by atoms with Crippen LogP contribution >= 0.6 is 0 Å². The molecule has 17 heavy (non-hydrogen) atoms. The molecule has 0 aliphatic rings. The van der Waals surface area contributed by atoms with Crippen molar-refractivity contribution < 1.29 is 14.6 Å². The molecule has 3 heteroatoms. The summed E-state index contributed by atoms with van der Waals surface area (Å²) < 4.78 is 5.58. The van der Waals surface area contributed by atoms with Crippen LogP contribution in [-0.4, -0.2) is 11.1 Å². The molecule has 0 fully saturated rings. The molecule has 1 N–H and O–H groups in total. The van der Waals surface area contributed by atoms with Crippen molar-refractivity contribution in [2.24, 2.45) is 0 Å². The predicted octanol–water partition coefficient (Wildman–Crippen LogP) is 3.49. The third-order valence-corrected chi connectivity index (χ3v) is 2.36. The number of ether oxygens (including phenoxy) is 1. The molecule has 86 valence electrons. The molecule has 0 spiro atoms. The fourth-order valence-corrected chi connectivity index (χ4v) is 1.41. The first-order valence-electron chi connectivity index (χ1n) is 5.23. The second-order valence-corrected chi connectivity index (χ2v) is 3.74. The zero-order valence-corrected chi connectivity index (χ0v) is 9.38. The Morgan fingerprint density at radius 3 is 1.88 bits per heavy atom. The molecule has 3 nitrogen and oxygen atoms in total. The summed E-state index contributed by atoms with van der Waals surface area (Å²) in [5.74, 6) is 0.421. The average Bonchev–Trinajstić information content (AvgIpc) is 2.33. The van der Waals surface area contributed by atoms with Gasteiger partial charge >= 0.3 is 5.97 Å². The molecule has 2 aromatic rings. The number of carbonyl (C=O) groups is 1. The normalized spacial score (nSPS) is 9.94. The number of hydrogen-bond acceptors (Lipinski definition) is 2. The van der Waals surface area contributed by atoms with Gasteiger partial charge < -0.3 is 9.84 Å². The van der Waals surface area contributed by atoms with Crippen molar-refractivity contribution in [3.05, 3.63) is 59.7 Å². The highest BCUT2D eigenvalue weighted by molar-refractivity contribution is 5.87. The average molecular weight is 228 g/mol. The highest BCUT2D eigenvalue weighted by Gasteiger charge is 2.02. The lowest BCUT2D eigenvalue weighted by Gasteiger charge is -2.05. The van der Waals surface area contributed by atoms with Crippen LogP contribution in [0.4, 0.5) is 0 Å². The van der Waals surface area contributed by atoms with Gasteiger partial charge in [-0.1, -0.05) is 17.7 Å². The van der Waals surface area contributed by atoms with Crippen molar-refractivity contribution in [1.29, 1.82) is 0 Å². The lowest BCUT2D eigenvalue weighted by atomic mass is 10.2. The predicted molar refractivity (Wildman–Crippen MR) is 64.7 cm³/mol. The fraction of sp³-hybridized carbons (Fsp3) is 0.0714. The van der Waals surface area contributed by atoms with E-state index in [2.05, 4.69) is 0 Å². The summed E-state index contributed by atoms with van der Waals surface area (Å²) in [5, 5.41) is 8.76. The highest BCUT2D eigenvalue weighted by atomic mass is 16.5. The van der Waals surface area contributed by atoms with E-state index in [9.17, 15) is 4.79 Å². The first-order valence-corrected chi connectivity index (χ1v) is 5.23. The molecule has 0 saturated heterocycles. The van der Waals surface area contributed by atoms with E-state index in [1.807, 2.05) is 31.2 Å². The van der Waals surface area contributed by atoms with Crippen LogP contribution in [0.3, 0.4) is 0 Å². The van der Waals surface area contributed by atoms with E-state index in [-0.39, 0.29) is 5.56 Å². The Labute approximate surface area is 99.3 Å². The highest BCUT2D eigenvalue weighted by Crippen LogP contribution is 2.21. The smallest absolute Gasteiger partial charge is 0.335 e. The Balaban J connectivity index is 2.13. The first-order chi connectivity index (χ1) is 8.15. The van der Waals surface area contributed by atoms with E-state index in [1.165, 1.54) is 17.7 Å². The number of carboxylic acid groups (broad SMARTS) is 1. The molecule has 2 aromatic carbocycles. The molecule has 0 saturated carbocycles. The maximum atomic E-state index is 10.7. The number of rotatable bonds is 3. The summed E-state index contributed by atoms with van der Waals surface area (Å²) in [6.45, 7) is 2.01. The second kappa shape index (κ2) is 4.70.